The molecule has 0 aliphatic carbocycles. The number of hydrogen-bond donors (Lipinski definition) is 1. The zero-order valence-electron chi connectivity index (χ0n) is 9.60. The molecule has 0 spiro atoms. The summed E-state index contributed by atoms with van der Waals surface area (Å²) in [5.41, 5.74) is 1.46. The Kier molecular flexibility index (Phi) is 3.16. The van der Waals surface area contributed by atoms with Crippen LogP contribution < -0.4 is 5.32 Å². The highest BCUT2D eigenvalue weighted by atomic mass is 32.2. The predicted octanol–water partition coefficient (Wildman–Crippen LogP) is 3.52. The maximum absolute atomic E-state index is 3.31. The average molecular weight is 241 g/mol. The van der Waals surface area contributed by atoms with Crippen molar-refractivity contribution in [2.45, 2.75) is 15.7 Å². The lowest BCUT2D eigenvalue weighted by Gasteiger charge is -2.27. The third kappa shape index (κ3) is 2.54. The van der Waals surface area contributed by atoms with Gasteiger partial charge in [0, 0.05) is 28.8 Å². The van der Waals surface area contributed by atoms with Crippen molar-refractivity contribution in [3.63, 3.8) is 0 Å². The molecule has 2 heteroatoms. The van der Waals surface area contributed by atoms with Crippen molar-refractivity contribution in [2.75, 3.05) is 13.1 Å². The number of hydrogen-bond acceptors (Lipinski definition) is 2. The summed E-state index contributed by atoms with van der Waals surface area (Å²) in [6, 6.07) is 19.5. The van der Waals surface area contributed by atoms with Crippen molar-refractivity contribution in [1.82, 2.24) is 5.32 Å². The van der Waals surface area contributed by atoms with E-state index >= 15 is 0 Å². The molecule has 17 heavy (non-hydrogen) atoms. The first-order valence-corrected chi connectivity index (χ1v) is 6.77. The lowest BCUT2D eigenvalue weighted by Crippen LogP contribution is -2.39. The Bertz CT molecular complexity index is 474. The topological polar surface area (TPSA) is 12.0 Å². The van der Waals surface area contributed by atoms with Gasteiger partial charge in [-0.1, -0.05) is 42.1 Å². The van der Waals surface area contributed by atoms with Crippen LogP contribution in [0.15, 0.2) is 64.4 Å². The number of benzene rings is 2. The van der Waals surface area contributed by atoms with Crippen LogP contribution in [0, 0.1) is 0 Å². The quantitative estimate of drug-likeness (QED) is 0.882. The average Bonchev–Trinajstić information content (AvgIpc) is 2.31. The van der Waals surface area contributed by atoms with Gasteiger partial charge in [0.05, 0.1) is 0 Å². The molecule has 0 amide bonds. The van der Waals surface area contributed by atoms with Crippen LogP contribution in [-0.2, 0) is 0 Å². The van der Waals surface area contributed by atoms with Gasteiger partial charge in [-0.25, -0.2) is 0 Å². The lowest BCUT2D eigenvalue weighted by molar-refractivity contribution is 0.448. The molecule has 2 aromatic carbocycles. The third-order valence-corrected chi connectivity index (χ3v) is 4.13. The van der Waals surface area contributed by atoms with Gasteiger partial charge in [0.15, 0.2) is 0 Å². The minimum Gasteiger partial charge on any atom is -0.315 e. The monoisotopic (exact) mass is 241 g/mol. The Morgan fingerprint density at radius 1 is 0.824 bits per heavy atom. The van der Waals surface area contributed by atoms with Gasteiger partial charge < -0.3 is 5.32 Å². The molecule has 86 valence electrons. The minimum absolute atomic E-state index is 0.728. The largest absolute Gasteiger partial charge is 0.315 e. The molecule has 0 atom stereocenters. The molecule has 1 nitrogen and oxygen atoms in total. The van der Waals surface area contributed by atoms with E-state index in [0.717, 1.165) is 19.0 Å². The molecular formula is C15H15NS. The van der Waals surface area contributed by atoms with Crippen LogP contribution in [-0.4, -0.2) is 13.1 Å². The molecule has 3 rings (SSSR count). The molecule has 0 aromatic heterocycles. The Balaban J connectivity index is 1.72. The molecule has 1 saturated heterocycles. The van der Waals surface area contributed by atoms with Crippen molar-refractivity contribution in [1.29, 1.82) is 0 Å². The van der Waals surface area contributed by atoms with E-state index in [1.165, 1.54) is 15.4 Å². The first kappa shape index (κ1) is 10.9. The molecular weight excluding hydrogens is 226 g/mol. The van der Waals surface area contributed by atoms with Gasteiger partial charge in [-0.3, -0.25) is 0 Å². The Labute approximate surface area is 106 Å². The summed E-state index contributed by atoms with van der Waals surface area (Å²) in [4.78, 5) is 2.61. The maximum Gasteiger partial charge on any atom is 0.0122 e. The van der Waals surface area contributed by atoms with Gasteiger partial charge in [-0.15, -0.1) is 0 Å². The fourth-order valence-electron chi connectivity index (χ4n) is 1.96. The highest BCUT2D eigenvalue weighted by Gasteiger charge is 2.18. The van der Waals surface area contributed by atoms with Crippen LogP contribution in [0.3, 0.4) is 0 Å². The van der Waals surface area contributed by atoms with Crippen molar-refractivity contribution in [2.24, 2.45) is 0 Å². The molecule has 2 aromatic rings. The van der Waals surface area contributed by atoms with Crippen LogP contribution in [0.2, 0.25) is 0 Å². The second-order valence-corrected chi connectivity index (χ2v) is 5.49. The molecule has 0 saturated carbocycles. The molecule has 1 heterocycles. The van der Waals surface area contributed by atoms with Gasteiger partial charge in [0.25, 0.3) is 0 Å². The van der Waals surface area contributed by atoms with Crippen LogP contribution in [0.25, 0.3) is 0 Å². The number of rotatable bonds is 3. The summed E-state index contributed by atoms with van der Waals surface area (Å²) in [6.45, 7) is 2.26. The van der Waals surface area contributed by atoms with Crippen molar-refractivity contribution < 1.29 is 0 Å². The van der Waals surface area contributed by atoms with Gasteiger partial charge in [-0.2, -0.15) is 0 Å². The van der Waals surface area contributed by atoms with Crippen molar-refractivity contribution in [3.8, 4) is 0 Å². The van der Waals surface area contributed by atoms with E-state index in [1.54, 1.807) is 0 Å². The van der Waals surface area contributed by atoms with E-state index in [0.29, 0.717) is 0 Å². The molecule has 0 radical (unpaired) electrons. The van der Waals surface area contributed by atoms with E-state index in [1.807, 2.05) is 11.8 Å². The maximum atomic E-state index is 3.31. The summed E-state index contributed by atoms with van der Waals surface area (Å²) in [5.74, 6) is 0.728. The zero-order valence-corrected chi connectivity index (χ0v) is 10.4. The highest BCUT2D eigenvalue weighted by molar-refractivity contribution is 7.99. The van der Waals surface area contributed by atoms with Crippen LogP contribution in [0.5, 0.6) is 0 Å². The van der Waals surface area contributed by atoms with Crippen molar-refractivity contribution >= 4 is 11.8 Å². The minimum atomic E-state index is 0.728. The smallest absolute Gasteiger partial charge is 0.0122 e. The zero-order chi connectivity index (χ0) is 11.5. The SMILES string of the molecule is c1ccc(Sc2ccc(C3CNC3)cc2)cc1. The molecule has 0 unspecified atom stereocenters. The lowest BCUT2D eigenvalue weighted by atomic mass is 9.94. The van der Waals surface area contributed by atoms with E-state index < -0.39 is 0 Å². The highest BCUT2D eigenvalue weighted by Crippen LogP contribution is 2.29. The Morgan fingerprint density at radius 2 is 1.47 bits per heavy atom. The van der Waals surface area contributed by atoms with Gasteiger partial charge in [0.1, 0.15) is 0 Å². The second kappa shape index (κ2) is 4.94. The van der Waals surface area contributed by atoms with E-state index in [-0.39, 0.29) is 0 Å². The molecule has 1 aliphatic heterocycles. The van der Waals surface area contributed by atoms with E-state index in [9.17, 15) is 0 Å². The summed E-state index contributed by atoms with van der Waals surface area (Å²) in [6.07, 6.45) is 0. The first-order chi connectivity index (χ1) is 8.42. The summed E-state index contributed by atoms with van der Waals surface area (Å²) >= 11 is 1.82. The van der Waals surface area contributed by atoms with Gasteiger partial charge >= 0.3 is 0 Å². The fraction of sp³-hybridized carbons (Fsp3) is 0.200. The second-order valence-electron chi connectivity index (χ2n) is 4.34. The van der Waals surface area contributed by atoms with Gasteiger partial charge in [-0.05, 0) is 29.8 Å². The fourth-order valence-corrected chi connectivity index (χ4v) is 2.79. The third-order valence-electron chi connectivity index (χ3n) is 3.11. The predicted molar refractivity (Wildman–Crippen MR) is 72.6 cm³/mol. The molecule has 1 aliphatic rings. The van der Waals surface area contributed by atoms with E-state index in [4.69, 9.17) is 0 Å². The van der Waals surface area contributed by atoms with Crippen LogP contribution >= 0.6 is 11.8 Å². The van der Waals surface area contributed by atoms with Crippen LogP contribution in [0.1, 0.15) is 11.5 Å². The first-order valence-electron chi connectivity index (χ1n) is 5.95. The molecule has 1 N–H and O–H groups in total. The van der Waals surface area contributed by atoms with Crippen LogP contribution in [0.4, 0.5) is 0 Å². The normalized spacial score (nSPS) is 15.5. The Hall–Kier alpha value is -1.25. The summed E-state index contributed by atoms with van der Waals surface area (Å²) in [5, 5.41) is 3.31. The summed E-state index contributed by atoms with van der Waals surface area (Å²) < 4.78 is 0. The summed E-state index contributed by atoms with van der Waals surface area (Å²) in [7, 11) is 0. The number of nitrogens with one attached hydrogen (secondary N) is 1. The van der Waals surface area contributed by atoms with Gasteiger partial charge in [0.2, 0.25) is 0 Å². The Morgan fingerprint density at radius 3 is 2.06 bits per heavy atom. The molecule has 0 bridgehead atoms. The van der Waals surface area contributed by atoms with Crippen molar-refractivity contribution in [3.05, 3.63) is 60.2 Å². The standard InChI is InChI=1S/C15H15NS/c1-2-4-14(5-3-1)17-15-8-6-12(7-9-15)13-10-16-11-13/h1-9,13,16H,10-11H2. The molecule has 1 fully saturated rings. The van der Waals surface area contributed by atoms with E-state index in [2.05, 4.69) is 59.9 Å².